The number of fused-ring (bicyclic) bond motifs is 1. The summed E-state index contributed by atoms with van der Waals surface area (Å²) in [7, 11) is 2.15. The third-order valence-electron chi connectivity index (χ3n) is 7.59. The number of piperidine rings is 1. The van der Waals surface area contributed by atoms with E-state index in [1.807, 2.05) is 17.2 Å². The van der Waals surface area contributed by atoms with Gasteiger partial charge in [-0.25, -0.2) is 4.79 Å². The van der Waals surface area contributed by atoms with Crippen molar-refractivity contribution in [2.24, 2.45) is 0 Å². The maximum atomic E-state index is 13.1. The number of amides is 2. The summed E-state index contributed by atoms with van der Waals surface area (Å²) in [6.45, 7) is 6.01. The Balaban J connectivity index is 1.24. The molecule has 6 rings (SSSR count). The summed E-state index contributed by atoms with van der Waals surface area (Å²) in [5.41, 5.74) is 3.09. The fourth-order valence-corrected chi connectivity index (χ4v) is 5.55. The zero-order valence-electron chi connectivity index (χ0n) is 19.3. The summed E-state index contributed by atoms with van der Waals surface area (Å²) in [5.74, 6) is 0.947. The first-order chi connectivity index (χ1) is 16.0. The highest BCUT2D eigenvalue weighted by molar-refractivity contribution is 5.96. The van der Waals surface area contributed by atoms with E-state index in [4.69, 9.17) is 4.98 Å². The van der Waals surface area contributed by atoms with E-state index in [1.54, 1.807) is 6.20 Å². The van der Waals surface area contributed by atoms with Gasteiger partial charge in [-0.3, -0.25) is 15.2 Å². The normalized spacial score (nSPS) is 22.8. The molecule has 3 N–H and O–H groups in total. The Hall–Kier alpha value is -3.14. The Bertz CT molecular complexity index is 1180. The first-order valence-corrected chi connectivity index (χ1v) is 12.0. The van der Waals surface area contributed by atoms with Gasteiger partial charge < -0.3 is 20.0 Å². The van der Waals surface area contributed by atoms with E-state index in [-0.39, 0.29) is 11.6 Å². The Kier molecular flexibility index (Phi) is 4.79. The SMILES string of the molecule is CC1CN(C)CCN1c1n[nH]c2cc(-c3[nH]ncc3NC(=O)N3CCCCC34CC4)ncc12. The molecule has 1 saturated carbocycles. The van der Waals surface area contributed by atoms with Gasteiger partial charge in [0.05, 0.1) is 28.5 Å². The molecular weight excluding hydrogens is 418 g/mol. The summed E-state index contributed by atoms with van der Waals surface area (Å²) in [6.07, 6.45) is 9.15. The summed E-state index contributed by atoms with van der Waals surface area (Å²) in [5, 5.41) is 19.1. The minimum atomic E-state index is -0.0381. The molecule has 2 aliphatic heterocycles. The highest BCUT2D eigenvalue weighted by Crippen LogP contribution is 2.48. The number of aromatic nitrogens is 5. The standard InChI is InChI=1S/C23H31N9O/c1-15-14-30(2)9-10-31(15)21-16-12-24-18(11-17(16)27-29-21)20-19(13-25-28-20)26-22(33)32-8-4-3-5-23(32)6-7-23/h11-13,15H,3-10,14H2,1-2H3,(H,25,28)(H,26,33)(H,27,29). The molecule has 1 unspecified atom stereocenters. The smallest absolute Gasteiger partial charge is 0.322 e. The van der Waals surface area contributed by atoms with Crippen LogP contribution in [0.3, 0.4) is 0 Å². The molecule has 0 aromatic carbocycles. The van der Waals surface area contributed by atoms with Crippen LogP contribution < -0.4 is 10.2 Å². The number of piperazine rings is 1. The van der Waals surface area contributed by atoms with Gasteiger partial charge in [-0.05, 0) is 52.1 Å². The third kappa shape index (κ3) is 3.52. The number of carbonyl (C=O) groups is 1. The second kappa shape index (κ2) is 7.72. The van der Waals surface area contributed by atoms with Crippen LogP contribution in [0.15, 0.2) is 18.5 Å². The number of pyridine rings is 1. The number of aromatic amines is 2. The molecule has 0 radical (unpaired) electrons. The van der Waals surface area contributed by atoms with E-state index in [0.717, 1.165) is 74.3 Å². The predicted molar refractivity (Wildman–Crippen MR) is 127 cm³/mol. The van der Waals surface area contributed by atoms with E-state index in [1.165, 1.54) is 6.42 Å². The van der Waals surface area contributed by atoms with Crippen LogP contribution in [0.1, 0.15) is 39.0 Å². The first kappa shape index (κ1) is 20.5. The van der Waals surface area contributed by atoms with Crippen molar-refractivity contribution in [3.05, 3.63) is 18.5 Å². The average Bonchev–Trinajstić information content (AvgIpc) is 3.22. The van der Waals surface area contributed by atoms with Crippen LogP contribution >= 0.6 is 0 Å². The highest BCUT2D eigenvalue weighted by Gasteiger charge is 2.51. The fraction of sp³-hybridized carbons (Fsp3) is 0.565. The number of nitrogens with one attached hydrogen (secondary N) is 3. The highest BCUT2D eigenvalue weighted by atomic mass is 16.2. The van der Waals surface area contributed by atoms with Crippen LogP contribution in [0, 0.1) is 0 Å². The van der Waals surface area contributed by atoms with Gasteiger partial charge in [-0.15, -0.1) is 0 Å². The summed E-state index contributed by atoms with van der Waals surface area (Å²) in [6, 6.07) is 2.32. The molecule has 3 fully saturated rings. The van der Waals surface area contributed by atoms with Crippen LogP contribution in [-0.4, -0.2) is 86.0 Å². The molecule has 10 heteroatoms. The zero-order valence-corrected chi connectivity index (χ0v) is 19.3. The van der Waals surface area contributed by atoms with Crippen molar-refractivity contribution in [3.8, 4) is 11.4 Å². The lowest BCUT2D eigenvalue weighted by Gasteiger charge is -2.38. The average molecular weight is 450 g/mol. The van der Waals surface area contributed by atoms with E-state index >= 15 is 0 Å². The van der Waals surface area contributed by atoms with Gasteiger partial charge in [0.2, 0.25) is 0 Å². The van der Waals surface area contributed by atoms with Crippen molar-refractivity contribution in [1.82, 2.24) is 35.2 Å². The molecule has 174 valence electrons. The third-order valence-corrected chi connectivity index (χ3v) is 7.59. The lowest BCUT2D eigenvalue weighted by molar-refractivity contribution is 0.151. The Morgan fingerprint density at radius 2 is 2.03 bits per heavy atom. The van der Waals surface area contributed by atoms with Gasteiger partial charge in [0.1, 0.15) is 5.69 Å². The number of H-pyrrole nitrogens is 2. The van der Waals surface area contributed by atoms with Crippen LogP contribution in [0.25, 0.3) is 22.3 Å². The molecule has 2 amide bonds. The van der Waals surface area contributed by atoms with Crippen molar-refractivity contribution >= 4 is 28.4 Å². The second-order valence-electron chi connectivity index (χ2n) is 9.89. The van der Waals surface area contributed by atoms with Crippen molar-refractivity contribution in [2.75, 3.05) is 43.4 Å². The molecule has 1 atom stereocenters. The Labute approximate surface area is 192 Å². The molecule has 0 bridgehead atoms. The first-order valence-electron chi connectivity index (χ1n) is 12.0. The van der Waals surface area contributed by atoms with Gasteiger partial charge >= 0.3 is 6.03 Å². The monoisotopic (exact) mass is 449 g/mol. The van der Waals surface area contributed by atoms with Crippen LogP contribution in [0.2, 0.25) is 0 Å². The number of rotatable bonds is 3. The molecule has 1 aliphatic carbocycles. The molecule has 3 aromatic heterocycles. The fourth-order valence-electron chi connectivity index (χ4n) is 5.55. The molecule has 10 nitrogen and oxygen atoms in total. The molecule has 1 spiro atoms. The minimum Gasteiger partial charge on any atom is -0.349 e. The van der Waals surface area contributed by atoms with Crippen LogP contribution in [0.4, 0.5) is 16.3 Å². The van der Waals surface area contributed by atoms with Crippen molar-refractivity contribution in [3.63, 3.8) is 0 Å². The van der Waals surface area contributed by atoms with Gasteiger partial charge in [-0.1, -0.05) is 0 Å². The van der Waals surface area contributed by atoms with Crippen molar-refractivity contribution < 1.29 is 4.79 Å². The molecule has 2 saturated heterocycles. The number of carbonyl (C=O) groups excluding carboxylic acids is 1. The zero-order chi connectivity index (χ0) is 22.6. The lowest BCUT2D eigenvalue weighted by Crippen LogP contribution is -2.50. The Morgan fingerprint density at radius 3 is 2.85 bits per heavy atom. The predicted octanol–water partition coefficient (Wildman–Crippen LogP) is 3.04. The van der Waals surface area contributed by atoms with Gasteiger partial charge in [0.15, 0.2) is 5.82 Å². The number of urea groups is 1. The van der Waals surface area contributed by atoms with Crippen molar-refractivity contribution in [2.45, 2.75) is 50.6 Å². The van der Waals surface area contributed by atoms with Crippen LogP contribution in [-0.2, 0) is 0 Å². The van der Waals surface area contributed by atoms with Gasteiger partial charge in [0, 0.05) is 44.0 Å². The van der Waals surface area contributed by atoms with Crippen LogP contribution in [0.5, 0.6) is 0 Å². The number of likely N-dealkylation sites (tertiary alicyclic amines) is 1. The van der Waals surface area contributed by atoms with E-state index in [9.17, 15) is 4.79 Å². The second-order valence-corrected chi connectivity index (χ2v) is 9.89. The maximum absolute atomic E-state index is 13.1. The molecule has 33 heavy (non-hydrogen) atoms. The molecule has 3 aromatic rings. The van der Waals surface area contributed by atoms with E-state index in [2.05, 4.69) is 49.5 Å². The molecular formula is C23H31N9O. The minimum absolute atomic E-state index is 0.0381. The largest absolute Gasteiger partial charge is 0.349 e. The topological polar surface area (TPSA) is 109 Å². The number of nitrogens with zero attached hydrogens (tertiary/aromatic N) is 6. The lowest BCUT2D eigenvalue weighted by atomic mass is 10.0. The van der Waals surface area contributed by atoms with E-state index in [0.29, 0.717) is 17.4 Å². The summed E-state index contributed by atoms with van der Waals surface area (Å²) < 4.78 is 0. The molecule has 3 aliphatic rings. The Morgan fingerprint density at radius 1 is 1.15 bits per heavy atom. The van der Waals surface area contributed by atoms with Crippen molar-refractivity contribution in [1.29, 1.82) is 0 Å². The van der Waals surface area contributed by atoms with E-state index < -0.39 is 0 Å². The molecule has 5 heterocycles. The summed E-state index contributed by atoms with van der Waals surface area (Å²) in [4.78, 5) is 24.5. The number of hydrogen-bond acceptors (Lipinski definition) is 6. The number of hydrogen-bond donors (Lipinski definition) is 3. The van der Waals surface area contributed by atoms with Gasteiger partial charge in [0.25, 0.3) is 0 Å². The quantitative estimate of drug-likeness (QED) is 0.567. The van der Waals surface area contributed by atoms with Gasteiger partial charge in [-0.2, -0.15) is 10.2 Å². The summed E-state index contributed by atoms with van der Waals surface area (Å²) >= 11 is 0. The number of likely N-dealkylation sites (N-methyl/N-ethyl adjacent to an activating group) is 1. The maximum Gasteiger partial charge on any atom is 0.322 e. The number of anilines is 2.